The smallest absolute Gasteiger partial charge is 0.416 e. The Morgan fingerprint density at radius 3 is 2.37 bits per heavy atom. The number of carbonyl (C=O) groups excluding carboxylic acids is 1. The lowest BCUT2D eigenvalue weighted by Gasteiger charge is -2.23. The van der Waals surface area contributed by atoms with Crippen LogP contribution in [-0.4, -0.2) is 35.2 Å². The van der Waals surface area contributed by atoms with Gasteiger partial charge in [0.05, 0.1) is 31.2 Å². The van der Waals surface area contributed by atoms with Gasteiger partial charge in [0.1, 0.15) is 11.9 Å². The Labute approximate surface area is 217 Å². The number of methoxy groups -OCH3 is 1. The van der Waals surface area contributed by atoms with Crippen LogP contribution in [0.5, 0.6) is 17.2 Å². The van der Waals surface area contributed by atoms with Crippen LogP contribution in [0.25, 0.3) is 0 Å². The molecule has 3 aromatic rings. The number of rotatable bonds is 8. The molecule has 1 heterocycles. The molecule has 0 aliphatic carbocycles. The third-order valence-electron chi connectivity index (χ3n) is 6.53. The summed E-state index contributed by atoms with van der Waals surface area (Å²) >= 11 is 0. The van der Waals surface area contributed by atoms with Gasteiger partial charge in [-0.3, -0.25) is 9.69 Å². The van der Waals surface area contributed by atoms with Gasteiger partial charge in [-0.25, -0.2) is 4.79 Å². The number of nitrogens with zero attached hydrogens (tertiary/aromatic N) is 1. The van der Waals surface area contributed by atoms with E-state index in [1.807, 2.05) is 30.3 Å². The number of carbonyl (C=O) groups is 2. The first-order valence-corrected chi connectivity index (χ1v) is 11.8. The number of aliphatic carboxylic acids is 1. The normalized spacial score (nSPS) is 18.2. The lowest BCUT2D eigenvalue weighted by Crippen LogP contribution is -2.31. The van der Waals surface area contributed by atoms with Crippen molar-refractivity contribution in [1.82, 2.24) is 4.90 Å². The number of benzene rings is 3. The molecule has 1 aliphatic heterocycles. The summed E-state index contributed by atoms with van der Waals surface area (Å²) in [7, 11) is 1.39. The number of hydrogen-bond donors (Lipinski definition) is 1. The maximum Gasteiger partial charge on any atom is 0.416 e. The van der Waals surface area contributed by atoms with E-state index in [0.717, 1.165) is 17.7 Å². The van der Waals surface area contributed by atoms with E-state index in [2.05, 4.69) is 0 Å². The van der Waals surface area contributed by atoms with E-state index in [0.29, 0.717) is 5.56 Å². The van der Waals surface area contributed by atoms with Crippen molar-refractivity contribution in [3.8, 4) is 17.2 Å². The quantitative estimate of drug-likeness (QED) is 0.346. The van der Waals surface area contributed by atoms with Crippen LogP contribution >= 0.6 is 0 Å². The van der Waals surface area contributed by atoms with Crippen LogP contribution in [0.4, 0.5) is 18.0 Å². The van der Waals surface area contributed by atoms with Crippen molar-refractivity contribution in [2.45, 2.75) is 44.6 Å². The average molecular weight is 530 g/mol. The maximum absolute atomic E-state index is 13.6. The molecule has 1 aliphatic rings. The van der Waals surface area contributed by atoms with Gasteiger partial charge in [-0.1, -0.05) is 36.4 Å². The van der Waals surface area contributed by atoms with Crippen molar-refractivity contribution in [1.29, 1.82) is 0 Å². The maximum atomic E-state index is 13.6. The number of carboxylic acids is 1. The topological polar surface area (TPSA) is 85.3 Å². The number of halogens is 3. The molecule has 1 fully saturated rings. The molecule has 3 aromatic carbocycles. The van der Waals surface area contributed by atoms with Gasteiger partial charge in [-0.2, -0.15) is 13.2 Å². The highest BCUT2D eigenvalue weighted by molar-refractivity contribution is 5.76. The Bertz CT molecular complexity index is 1330. The predicted octanol–water partition coefficient (Wildman–Crippen LogP) is 6.78. The van der Waals surface area contributed by atoms with E-state index in [-0.39, 0.29) is 29.4 Å². The molecule has 10 heteroatoms. The minimum atomic E-state index is -4.62. The van der Waals surface area contributed by atoms with Gasteiger partial charge in [0.2, 0.25) is 0 Å². The van der Waals surface area contributed by atoms with Crippen LogP contribution in [0, 0.1) is 0 Å². The van der Waals surface area contributed by atoms with Crippen molar-refractivity contribution >= 4 is 12.1 Å². The van der Waals surface area contributed by atoms with Crippen LogP contribution < -0.4 is 9.47 Å². The molecule has 38 heavy (non-hydrogen) atoms. The van der Waals surface area contributed by atoms with Gasteiger partial charge >= 0.3 is 18.2 Å². The lowest BCUT2D eigenvalue weighted by molar-refractivity contribution is -0.138. The SMILES string of the molecule is COc1ccc(C(C)C(=O)O)cc1Oc1ccc(C(F)(F)F)cc1CN1C(=O)O[C@H](c2ccccc2)[C@@H]1C. The zero-order valence-corrected chi connectivity index (χ0v) is 20.9. The molecule has 0 bridgehead atoms. The van der Waals surface area contributed by atoms with Crippen LogP contribution in [0.3, 0.4) is 0 Å². The first-order valence-electron chi connectivity index (χ1n) is 11.8. The fourth-order valence-corrected chi connectivity index (χ4v) is 4.27. The standard InChI is InChI=1S/C28H26F3NO6/c1-16(26(33)34)19-9-11-23(36-3)24(14-19)37-22-12-10-21(28(29,30)31)13-20(22)15-32-17(2)25(38-27(32)35)18-7-5-4-6-8-18/h4-14,16-17,25H,15H2,1-3H3,(H,33,34)/t16?,17-,25-/m0/s1. The zero-order valence-electron chi connectivity index (χ0n) is 20.9. The summed E-state index contributed by atoms with van der Waals surface area (Å²) in [6.07, 6.45) is -5.87. The largest absolute Gasteiger partial charge is 0.493 e. The van der Waals surface area contributed by atoms with E-state index in [1.54, 1.807) is 13.0 Å². The molecule has 1 amide bonds. The summed E-state index contributed by atoms with van der Waals surface area (Å²) < 4.78 is 57.6. The Morgan fingerprint density at radius 2 is 1.74 bits per heavy atom. The summed E-state index contributed by atoms with van der Waals surface area (Å²) in [5.41, 5.74) is 0.380. The third kappa shape index (κ3) is 5.53. The van der Waals surface area contributed by atoms with Crippen molar-refractivity contribution < 1.29 is 42.1 Å². The van der Waals surface area contributed by atoms with Crippen LogP contribution in [0.1, 0.15) is 48.1 Å². The van der Waals surface area contributed by atoms with Crippen molar-refractivity contribution in [3.05, 3.63) is 89.0 Å². The molecule has 0 saturated carbocycles. The first-order chi connectivity index (χ1) is 18.0. The molecule has 1 N–H and O–H groups in total. The minimum Gasteiger partial charge on any atom is -0.493 e. The number of hydrogen-bond acceptors (Lipinski definition) is 5. The average Bonchev–Trinajstić information content (AvgIpc) is 3.17. The van der Waals surface area contributed by atoms with Crippen molar-refractivity contribution in [3.63, 3.8) is 0 Å². The molecule has 7 nitrogen and oxygen atoms in total. The van der Waals surface area contributed by atoms with Gasteiger partial charge in [0, 0.05) is 5.56 Å². The Hall–Kier alpha value is -4.21. The van der Waals surface area contributed by atoms with E-state index >= 15 is 0 Å². The second-order valence-electron chi connectivity index (χ2n) is 8.98. The van der Waals surface area contributed by atoms with E-state index in [1.165, 1.54) is 37.1 Å². The van der Waals surface area contributed by atoms with E-state index in [9.17, 15) is 27.9 Å². The van der Waals surface area contributed by atoms with Crippen LogP contribution in [-0.2, 0) is 22.3 Å². The number of amides is 1. The molecule has 200 valence electrons. The summed E-state index contributed by atoms with van der Waals surface area (Å²) in [6.45, 7) is 3.05. The highest BCUT2D eigenvalue weighted by Crippen LogP contribution is 2.40. The molecule has 0 radical (unpaired) electrons. The number of carboxylic acid groups (broad SMARTS) is 1. The van der Waals surface area contributed by atoms with Gasteiger partial charge in [-0.05, 0) is 55.3 Å². The monoisotopic (exact) mass is 529 g/mol. The summed E-state index contributed by atoms with van der Waals surface area (Å²) in [6, 6.07) is 16.2. The van der Waals surface area contributed by atoms with Crippen LogP contribution in [0.2, 0.25) is 0 Å². The molecule has 4 rings (SSSR count). The van der Waals surface area contributed by atoms with E-state index in [4.69, 9.17) is 14.2 Å². The summed E-state index contributed by atoms with van der Waals surface area (Å²) in [5, 5.41) is 9.38. The van der Waals surface area contributed by atoms with Gasteiger partial charge < -0.3 is 19.3 Å². The molecular formula is C28H26F3NO6. The summed E-state index contributed by atoms with van der Waals surface area (Å²) in [5.74, 6) is -1.47. The third-order valence-corrected chi connectivity index (χ3v) is 6.53. The highest BCUT2D eigenvalue weighted by Gasteiger charge is 2.40. The zero-order chi connectivity index (χ0) is 27.6. The molecule has 1 saturated heterocycles. The number of ether oxygens (including phenoxy) is 3. The minimum absolute atomic E-state index is 0.0552. The number of alkyl halides is 3. The predicted molar refractivity (Wildman–Crippen MR) is 131 cm³/mol. The fraction of sp³-hybridized carbons (Fsp3) is 0.286. The van der Waals surface area contributed by atoms with Crippen LogP contribution in [0.15, 0.2) is 66.7 Å². The summed E-state index contributed by atoms with van der Waals surface area (Å²) in [4.78, 5) is 25.6. The molecule has 0 spiro atoms. The highest BCUT2D eigenvalue weighted by atomic mass is 19.4. The van der Waals surface area contributed by atoms with Gasteiger partial charge in [0.25, 0.3) is 0 Å². The molecule has 3 atom stereocenters. The Kier molecular flexibility index (Phi) is 7.52. The van der Waals surface area contributed by atoms with Crippen molar-refractivity contribution in [2.24, 2.45) is 0 Å². The fourth-order valence-electron chi connectivity index (χ4n) is 4.27. The van der Waals surface area contributed by atoms with E-state index < -0.39 is 41.9 Å². The van der Waals surface area contributed by atoms with Gasteiger partial charge in [0.15, 0.2) is 11.5 Å². The van der Waals surface area contributed by atoms with Crippen molar-refractivity contribution in [2.75, 3.05) is 7.11 Å². The Morgan fingerprint density at radius 1 is 1.05 bits per heavy atom. The Balaban J connectivity index is 1.70. The molecule has 1 unspecified atom stereocenters. The lowest BCUT2D eigenvalue weighted by atomic mass is 10.0. The molecule has 0 aromatic heterocycles. The second kappa shape index (κ2) is 10.6. The van der Waals surface area contributed by atoms with Gasteiger partial charge in [-0.15, -0.1) is 0 Å². The number of cyclic esters (lactones) is 1. The first kappa shape index (κ1) is 26.8. The second-order valence-corrected chi connectivity index (χ2v) is 8.98. The molecular weight excluding hydrogens is 503 g/mol.